The highest BCUT2D eigenvalue weighted by molar-refractivity contribution is 7.89. The van der Waals surface area contributed by atoms with Gasteiger partial charge in [-0.3, -0.25) is 14.6 Å². The molecule has 1 aromatic carbocycles. The first-order valence-corrected chi connectivity index (χ1v) is 11.9. The number of morpholine rings is 1. The molecular formula is C20H30N4O4S. The second-order valence-electron chi connectivity index (χ2n) is 8.01. The van der Waals surface area contributed by atoms with Crippen LogP contribution in [-0.2, 0) is 19.6 Å². The average Bonchev–Trinajstić information content (AvgIpc) is 3.41. The van der Waals surface area contributed by atoms with Crippen LogP contribution in [0.15, 0.2) is 29.2 Å². The lowest BCUT2D eigenvalue weighted by atomic mass is 10.2. The number of nitrogens with one attached hydrogen (secondary N) is 1. The normalized spacial score (nSPS) is 24.8. The maximum atomic E-state index is 12.7. The Balaban J connectivity index is 1.29. The second-order valence-corrected chi connectivity index (χ2v) is 9.95. The van der Waals surface area contributed by atoms with E-state index in [9.17, 15) is 13.2 Å². The molecule has 1 amide bonds. The highest BCUT2D eigenvalue weighted by atomic mass is 32.2. The number of hydrogen-bond acceptors (Lipinski definition) is 6. The number of nitrogens with zero attached hydrogens (tertiary/aromatic N) is 3. The van der Waals surface area contributed by atoms with Crippen LogP contribution >= 0.6 is 0 Å². The van der Waals surface area contributed by atoms with Gasteiger partial charge in [-0.25, -0.2) is 8.42 Å². The SMILES string of the molecule is O=C(CN1CCC(N2CCCC2)C1)Nc1ccc(S(=O)(=O)N2CCOCC2)cc1. The molecule has 1 unspecified atom stereocenters. The van der Waals surface area contributed by atoms with Gasteiger partial charge in [-0.1, -0.05) is 0 Å². The molecule has 3 fully saturated rings. The fourth-order valence-corrected chi connectivity index (χ4v) is 5.82. The smallest absolute Gasteiger partial charge is 0.243 e. The van der Waals surface area contributed by atoms with Crippen molar-refractivity contribution in [2.75, 3.05) is 64.3 Å². The van der Waals surface area contributed by atoms with Crippen molar-refractivity contribution in [1.29, 1.82) is 0 Å². The van der Waals surface area contributed by atoms with Crippen LogP contribution in [0.3, 0.4) is 0 Å². The van der Waals surface area contributed by atoms with Gasteiger partial charge in [-0.2, -0.15) is 4.31 Å². The number of sulfonamides is 1. The summed E-state index contributed by atoms with van der Waals surface area (Å²) in [6.07, 6.45) is 3.70. The lowest BCUT2D eigenvalue weighted by Crippen LogP contribution is -2.40. The van der Waals surface area contributed by atoms with Gasteiger partial charge in [0.05, 0.1) is 24.7 Å². The summed E-state index contributed by atoms with van der Waals surface area (Å²) >= 11 is 0. The van der Waals surface area contributed by atoms with E-state index in [0.29, 0.717) is 44.6 Å². The zero-order chi connectivity index (χ0) is 20.3. The van der Waals surface area contributed by atoms with Gasteiger partial charge in [-0.15, -0.1) is 0 Å². The van der Waals surface area contributed by atoms with Crippen molar-refractivity contribution < 1.29 is 17.9 Å². The molecule has 0 aromatic heterocycles. The molecule has 1 atom stereocenters. The number of likely N-dealkylation sites (tertiary alicyclic amines) is 2. The molecule has 8 nitrogen and oxygen atoms in total. The van der Waals surface area contributed by atoms with Crippen LogP contribution in [0.5, 0.6) is 0 Å². The quantitative estimate of drug-likeness (QED) is 0.731. The van der Waals surface area contributed by atoms with Crippen molar-refractivity contribution in [2.24, 2.45) is 0 Å². The zero-order valence-electron chi connectivity index (χ0n) is 16.8. The van der Waals surface area contributed by atoms with Crippen molar-refractivity contribution in [3.05, 3.63) is 24.3 Å². The molecule has 0 spiro atoms. The minimum absolute atomic E-state index is 0.0594. The summed E-state index contributed by atoms with van der Waals surface area (Å²) in [5.74, 6) is -0.0594. The second kappa shape index (κ2) is 9.09. The summed E-state index contributed by atoms with van der Waals surface area (Å²) in [7, 11) is -3.51. The summed E-state index contributed by atoms with van der Waals surface area (Å²) < 4.78 is 32.0. The van der Waals surface area contributed by atoms with E-state index in [1.807, 2.05) is 0 Å². The highest BCUT2D eigenvalue weighted by Gasteiger charge is 2.30. The number of hydrogen-bond donors (Lipinski definition) is 1. The Kier molecular flexibility index (Phi) is 6.50. The lowest BCUT2D eigenvalue weighted by molar-refractivity contribution is -0.117. The van der Waals surface area contributed by atoms with Crippen LogP contribution in [0.1, 0.15) is 19.3 Å². The molecule has 160 valence electrons. The lowest BCUT2D eigenvalue weighted by Gasteiger charge is -2.26. The Bertz CT molecular complexity index is 802. The molecule has 3 heterocycles. The number of benzene rings is 1. The van der Waals surface area contributed by atoms with Gasteiger partial charge in [0.2, 0.25) is 15.9 Å². The summed E-state index contributed by atoms with van der Waals surface area (Å²) in [5.41, 5.74) is 0.617. The van der Waals surface area contributed by atoms with Crippen LogP contribution in [0, 0.1) is 0 Å². The van der Waals surface area contributed by atoms with E-state index in [0.717, 1.165) is 19.5 Å². The fourth-order valence-electron chi connectivity index (χ4n) is 4.41. The first-order chi connectivity index (χ1) is 14.0. The zero-order valence-corrected chi connectivity index (χ0v) is 17.6. The van der Waals surface area contributed by atoms with Gasteiger partial charge in [0.15, 0.2) is 0 Å². The maximum Gasteiger partial charge on any atom is 0.243 e. The molecule has 3 aliphatic heterocycles. The summed E-state index contributed by atoms with van der Waals surface area (Å²) in [6, 6.07) is 7.00. The summed E-state index contributed by atoms with van der Waals surface area (Å²) in [5, 5.41) is 2.89. The minimum atomic E-state index is -3.51. The Hall–Kier alpha value is -1.52. The van der Waals surface area contributed by atoms with Crippen molar-refractivity contribution in [1.82, 2.24) is 14.1 Å². The number of carbonyl (C=O) groups is 1. The van der Waals surface area contributed by atoms with Crippen molar-refractivity contribution in [2.45, 2.75) is 30.2 Å². The standard InChI is InChI=1S/C20H30N4O4S/c25-20(16-22-10-7-18(15-22)23-8-1-2-9-23)21-17-3-5-19(6-4-17)29(26,27)24-11-13-28-14-12-24/h3-6,18H,1-2,7-16H2,(H,21,25). The molecule has 0 bridgehead atoms. The van der Waals surface area contributed by atoms with Crippen LogP contribution in [0.25, 0.3) is 0 Å². The van der Waals surface area contributed by atoms with Crippen molar-refractivity contribution in [3.63, 3.8) is 0 Å². The van der Waals surface area contributed by atoms with Gasteiger partial charge >= 0.3 is 0 Å². The van der Waals surface area contributed by atoms with E-state index < -0.39 is 10.0 Å². The predicted octanol–water partition coefficient (Wildman–Crippen LogP) is 0.816. The van der Waals surface area contributed by atoms with Gasteiger partial charge in [0.25, 0.3) is 0 Å². The minimum Gasteiger partial charge on any atom is -0.379 e. The topological polar surface area (TPSA) is 82.2 Å². The average molecular weight is 423 g/mol. The molecule has 4 rings (SSSR count). The van der Waals surface area contributed by atoms with E-state index in [-0.39, 0.29) is 10.8 Å². The van der Waals surface area contributed by atoms with Gasteiger partial charge < -0.3 is 10.1 Å². The van der Waals surface area contributed by atoms with Crippen molar-refractivity contribution >= 4 is 21.6 Å². The van der Waals surface area contributed by atoms with Crippen LogP contribution in [0.2, 0.25) is 0 Å². The van der Waals surface area contributed by atoms with Crippen LogP contribution in [-0.4, -0.2) is 93.5 Å². The van der Waals surface area contributed by atoms with Crippen LogP contribution < -0.4 is 5.32 Å². The Morgan fingerprint density at radius 2 is 1.72 bits per heavy atom. The van der Waals surface area contributed by atoms with E-state index in [1.54, 1.807) is 24.3 Å². The first kappa shape index (κ1) is 20.7. The molecule has 3 saturated heterocycles. The molecule has 0 radical (unpaired) electrons. The van der Waals surface area contributed by atoms with E-state index in [1.165, 1.54) is 30.2 Å². The summed E-state index contributed by atoms with van der Waals surface area (Å²) in [6.45, 7) is 6.22. The Morgan fingerprint density at radius 1 is 1.03 bits per heavy atom. The monoisotopic (exact) mass is 422 g/mol. The van der Waals surface area contributed by atoms with E-state index >= 15 is 0 Å². The largest absolute Gasteiger partial charge is 0.379 e. The number of anilines is 1. The van der Waals surface area contributed by atoms with E-state index in [4.69, 9.17) is 4.74 Å². The molecular weight excluding hydrogens is 392 g/mol. The van der Waals surface area contributed by atoms with Gasteiger partial charge in [0, 0.05) is 37.9 Å². The maximum absolute atomic E-state index is 12.7. The number of amides is 1. The highest BCUT2D eigenvalue weighted by Crippen LogP contribution is 2.21. The van der Waals surface area contributed by atoms with E-state index in [2.05, 4.69) is 15.1 Å². The Morgan fingerprint density at radius 3 is 2.41 bits per heavy atom. The first-order valence-electron chi connectivity index (χ1n) is 10.5. The number of carbonyl (C=O) groups excluding carboxylic acids is 1. The molecule has 0 aliphatic carbocycles. The van der Waals surface area contributed by atoms with Crippen LogP contribution in [0.4, 0.5) is 5.69 Å². The summed E-state index contributed by atoms with van der Waals surface area (Å²) in [4.78, 5) is 17.4. The molecule has 1 aromatic rings. The molecule has 3 aliphatic rings. The van der Waals surface area contributed by atoms with Gasteiger partial charge in [0.1, 0.15) is 0 Å². The van der Waals surface area contributed by atoms with Crippen molar-refractivity contribution in [3.8, 4) is 0 Å². The molecule has 1 N–H and O–H groups in total. The Labute approximate surface area is 172 Å². The molecule has 0 saturated carbocycles. The fraction of sp³-hybridized carbons (Fsp3) is 0.650. The third-order valence-corrected chi connectivity index (χ3v) is 7.93. The predicted molar refractivity (Wildman–Crippen MR) is 110 cm³/mol. The molecule has 29 heavy (non-hydrogen) atoms. The number of ether oxygens (including phenoxy) is 1. The third kappa shape index (κ3) is 4.97. The molecule has 9 heteroatoms. The number of rotatable bonds is 6. The van der Waals surface area contributed by atoms with Gasteiger partial charge in [-0.05, 0) is 56.6 Å². The third-order valence-electron chi connectivity index (χ3n) is 6.02.